The normalized spacial score (nSPS) is 12.6. The lowest BCUT2D eigenvalue weighted by Gasteiger charge is -2.28. The van der Waals surface area contributed by atoms with E-state index in [9.17, 15) is 13.2 Å². The Labute approximate surface area is 171 Å². The van der Waals surface area contributed by atoms with Crippen LogP contribution in [0.5, 0.6) is 0 Å². The van der Waals surface area contributed by atoms with Crippen LogP contribution in [-0.4, -0.2) is 6.18 Å². The highest BCUT2D eigenvalue weighted by molar-refractivity contribution is 5.83. The second kappa shape index (κ2) is 7.16. The van der Waals surface area contributed by atoms with Crippen molar-refractivity contribution in [3.8, 4) is 11.3 Å². The highest BCUT2D eigenvalue weighted by Crippen LogP contribution is 2.41. The monoisotopic (exact) mass is 400 g/mol. The topological polar surface area (TPSA) is 3.88 Å². The first kappa shape index (κ1) is 21.4. The summed E-state index contributed by atoms with van der Waals surface area (Å²) in [4.78, 5) is 0. The molecule has 1 aromatic heterocycles. The van der Waals surface area contributed by atoms with Crippen LogP contribution < -0.4 is 4.57 Å². The second-order valence-corrected chi connectivity index (χ2v) is 8.95. The first-order valence-electron chi connectivity index (χ1n) is 9.89. The van der Waals surface area contributed by atoms with E-state index < -0.39 is 11.6 Å². The molecule has 0 spiro atoms. The lowest BCUT2D eigenvalue weighted by atomic mass is 9.83. The predicted molar refractivity (Wildman–Crippen MR) is 113 cm³/mol. The molecule has 2 aromatic carbocycles. The minimum absolute atomic E-state index is 0.0618. The van der Waals surface area contributed by atoms with E-state index in [1.807, 2.05) is 32.2 Å². The Morgan fingerprint density at radius 1 is 0.862 bits per heavy atom. The number of hydrogen-bond donors (Lipinski definition) is 0. The molecule has 0 unspecified atom stereocenters. The number of benzene rings is 2. The first-order valence-corrected chi connectivity index (χ1v) is 9.89. The standard InChI is InChI=1S/C25H29F3N/c1-15-8-9-20-19(14-24(5,6)25(26,27)28)13-23(29(7)22(20)12-15)21-11-16(2)10-17(3)18(21)4/h8-13H,14H2,1-7H3/q+1. The lowest BCUT2D eigenvalue weighted by molar-refractivity contribution is -0.633. The Kier molecular flexibility index (Phi) is 5.27. The number of pyridine rings is 1. The van der Waals surface area contributed by atoms with E-state index >= 15 is 0 Å². The van der Waals surface area contributed by atoms with E-state index in [2.05, 4.69) is 43.5 Å². The fourth-order valence-corrected chi connectivity index (χ4v) is 3.95. The Hall–Kier alpha value is -2.36. The molecule has 0 saturated carbocycles. The number of aryl methyl sites for hydroxylation is 4. The Bertz CT molecular complexity index is 1090. The van der Waals surface area contributed by atoms with Gasteiger partial charge in [0.1, 0.15) is 7.05 Å². The van der Waals surface area contributed by atoms with Crippen molar-refractivity contribution in [2.45, 2.75) is 54.1 Å². The molecule has 3 aromatic rings. The summed E-state index contributed by atoms with van der Waals surface area (Å²) in [7, 11) is 1.99. The first-order chi connectivity index (χ1) is 13.3. The van der Waals surface area contributed by atoms with Gasteiger partial charge in [0, 0.05) is 23.1 Å². The quantitative estimate of drug-likeness (QED) is 0.431. The average Bonchev–Trinajstić information content (AvgIpc) is 2.59. The van der Waals surface area contributed by atoms with Crippen LogP contribution in [0.1, 0.15) is 41.7 Å². The number of fused-ring (bicyclic) bond motifs is 1. The average molecular weight is 401 g/mol. The molecule has 0 amide bonds. The van der Waals surface area contributed by atoms with Gasteiger partial charge in [0.05, 0.1) is 5.41 Å². The summed E-state index contributed by atoms with van der Waals surface area (Å²) in [6.07, 6.45) is -4.33. The van der Waals surface area contributed by atoms with Crippen LogP contribution in [0.15, 0.2) is 36.4 Å². The predicted octanol–water partition coefficient (Wildman–Crippen LogP) is 6.70. The molecule has 4 heteroatoms. The molecule has 29 heavy (non-hydrogen) atoms. The zero-order valence-electron chi connectivity index (χ0n) is 18.3. The van der Waals surface area contributed by atoms with Crippen molar-refractivity contribution < 1.29 is 17.7 Å². The molecule has 0 radical (unpaired) electrons. The molecule has 0 saturated heterocycles. The summed E-state index contributed by atoms with van der Waals surface area (Å²) in [5.41, 5.74) is 6.45. The van der Waals surface area contributed by atoms with E-state index in [1.165, 1.54) is 19.4 Å². The molecule has 0 aliphatic carbocycles. The molecule has 1 nitrogen and oxygen atoms in total. The van der Waals surface area contributed by atoms with Gasteiger partial charge >= 0.3 is 6.18 Å². The minimum Gasteiger partial charge on any atom is -0.194 e. The van der Waals surface area contributed by atoms with Gasteiger partial charge in [-0.2, -0.15) is 17.7 Å². The van der Waals surface area contributed by atoms with Gasteiger partial charge in [0.25, 0.3) is 0 Å². The van der Waals surface area contributed by atoms with Gasteiger partial charge in [0.2, 0.25) is 11.2 Å². The zero-order chi connectivity index (χ0) is 21.7. The fraction of sp³-hybridized carbons (Fsp3) is 0.400. The molecule has 0 N–H and O–H groups in total. The highest BCUT2D eigenvalue weighted by Gasteiger charge is 2.47. The molecule has 0 fully saturated rings. The Balaban J connectivity index is 2.35. The Morgan fingerprint density at radius 2 is 1.52 bits per heavy atom. The molecule has 0 atom stereocenters. The summed E-state index contributed by atoms with van der Waals surface area (Å²) in [6, 6.07) is 12.2. The van der Waals surface area contributed by atoms with E-state index in [0.29, 0.717) is 0 Å². The van der Waals surface area contributed by atoms with Crippen LogP contribution in [-0.2, 0) is 13.5 Å². The number of alkyl halides is 3. The molecule has 0 aliphatic heterocycles. The molecule has 1 heterocycles. The van der Waals surface area contributed by atoms with Gasteiger partial charge in [0.15, 0.2) is 0 Å². The van der Waals surface area contributed by atoms with E-state index in [1.54, 1.807) is 0 Å². The lowest BCUT2D eigenvalue weighted by Crippen LogP contribution is -2.36. The summed E-state index contributed by atoms with van der Waals surface area (Å²) >= 11 is 0. The van der Waals surface area contributed by atoms with Crippen molar-refractivity contribution in [3.05, 3.63) is 64.2 Å². The maximum Gasteiger partial charge on any atom is 0.394 e. The number of aromatic nitrogens is 1. The number of halogens is 3. The van der Waals surface area contributed by atoms with E-state index in [0.717, 1.165) is 44.4 Å². The van der Waals surface area contributed by atoms with Crippen molar-refractivity contribution in [2.75, 3.05) is 0 Å². The Morgan fingerprint density at radius 3 is 2.14 bits per heavy atom. The fourth-order valence-electron chi connectivity index (χ4n) is 3.95. The van der Waals surface area contributed by atoms with Crippen molar-refractivity contribution in [2.24, 2.45) is 12.5 Å². The van der Waals surface area contributed by atoms with Crippen molar-refractivity contribution in [1.82, 2.24) is 0 Å². The third-order valence-electron chi connectivity index (χ3n) is 6.02. The number of hydrogen-bond acceptors (Lipinski definition) is 0. The van der Waals surface area contributed by atoms with Crippen molar-refractivity contribution in [1.29, 1.82) is 0 Å². The van der Waals surface area contributed by atoms with Crippen LogP contribution in [0.25, 0.3) is 22.2 Å². The van der Waals surface area contributed by atoms with E-state index in [4.69, 9.17) is 0 Å². The third kappa shape index (κ3) is 3.90. The van der Waals surface area contributed by atoms with Crippen molar-refractivity contribution in [3.63, 3.8) is 0 Å². The maximum absolute atomic E-state index is 13.7. The van der Waals surface area contributed by atoms with Crippen LogP contribution >= 0.6 is 0 Å². The largest absolute Gasteiger partial charge is 0.394 e. The van der Waals surface area contributed by atoms with Gasteiger partial charge in [-0.1, -0.05) is 31.5 Å². The minimum atomic E-state index is -4.27. The van der Waals surface area contributed by atoms with Crippen LogP contribution in [0, 0.1) is 33.1 Å². The highest BCUT2D eigenvalue weighted by atomic mass is 19.4. The van der Waals surface area contributed by atoms with E-state index in [-0.39, 0.29) is 6.42 Å². The molecule has 3 rings (SSSR count). The number of nitrogens with zero attached hydrogens (tertiary/aromatic N) is 1. The second-order valence-electron chi connectivity index (χ2n) is 8.95. The molecule has 0 aliphatic rings. The van der Waals surface area contributed by atoms with Crippen LogP contribution in [0.2, 0.25) is 0 Å². The molecule has 154 valence electrons. The SMILES string of the molecule is Cc1cc(C)c(C)c(-c2cc(CC(C)(C)C(F)(F)F)c3ccc(C)cc3[n+]2C)c1. The molecule has 0 bridgehead atoms. The van der Waals surface area contributed by atoms with Crippen molar-refractivity contribution >= 4 is 10.9 Å². The summed E-state index contributed by atoms with van der Waals surface area (Å²) in [5.74, 6) is 0. The summed E-state index contributed by atoms with van der Waals surface area (Å²) < 4.78 is 43.1. The zero-order valence-corrected chi connectivity index (χ0v) is 18.3. The summed E-state index contributed by atoms with van der Waals surface area (Å²) in [5, 5.41) is 0.876. The van der Waals surface area contributed by atoms with Gasteiger partial charge in [-0.3, -0.25) is 0 Å². The van der Waals surface area contributed by atoms with Crippen LogP contribution in [0.4, 0.5) is 13.2 Å². The molecular formula is C25H29F3N+. The number of rotatable bonds is 3. The van der Waals surface area contributed by atoms with Gasteiger partial charge in [-0.25, -0.2) is 0 Å². The van der Waals surface area contributed by atoms with Crippen LogP contribution in [0.3, 0.4) is 0 Å². The smallest absolute Gasteiger partial charge is 0.194 e. The summed E-state index contributed by atoms with van der Waals surface area (Å²) in [6.45, 7) is 10.8. The maximum atomic E-state index is 13.7. The van der Waals surface area contributed by atoms with Gasteiger partial charge in [-0.15, -0.1) is 0 Å². The van der Waals surface area contributed by atoms with Gasteiger partial charge < -0.3 is 0 Å². The molecular weight excluding hydrogens is 371 g/mol. The third-order valence-corrected chi connectivity index (χ3v) is 6.02. The van der Waals surface area contributed by atoms with Gasteiger partial charge in [-0.05, 0) is 68.5 Å².